The predicted molar refractivity (Wildman–Crippen MR) is 147 cm³/mol. The van der Waals surface area contributed by atoms with Crippen molar-refractivity contribution in [3.05, 3.63) is 114 Å². The van der Waals surface area contributed by atoms with Crippen molar-refractivity contribution in [2.45, 2.75) is 19.0 Å². The van der Waals surface area contributed by atoms with E-state index in [9.17, 15) is 9.59 Å². The van der Waals surface area contributed by atoms with E-state index in [1.54, 1.807) is 29.2 Å². The van der Waals surface area contributed by atoms with Crippen molar-refractivity contribution in [2.24, 2.45) is 5.73 Å². The summed E-state index contributed by atoms with van der Waals surface area (Å²) in [5.41, 5.74) is 11.1. The van der Waals surface area contributed by atoms with E-state index in [-0.39, 0.29) is 12.4 Å². The lowest BCUT2D eigenvalue weighted by Gasteiger charge is -2.18. The topological polar surface area (TPSA) is 126 Å². The molecule has 8 nitrogen and oxygen atoms in total. The van der Waals surface area contributed by atoms with Gasteiger partial charge in [0.2, 0.25) is 5.91 Å². The number of nitrogens with two attached hydrogens (primary N) is 1. The van der Waals surface area contributed by atoms with Gasteiger partial charge in [0.05, 0.1) is 25.4 Å². The van der Waals surface area contributed by atoms with Crippen LogP contribution in [-0.4, -0.2) is 44.7 Å². The minimum atomic E-state index is -0.517. The van der Waals surface area contributed by atoms with Crippen LogP contribution in [0, 0.1) is 0 Å². The first kappa shape index (κ1) is 25.1. The number of ketones is 1. The maximum Gasteiger partial charge on any atom is 0.248 e. The van der Waals surface area contributed by atoms with Gasteiger partial charge >= 0.3 is 0 Å². The third-order valence-corrected chi connectivity index (χ3v) is 6.64. The lowest BCUT2D eigenvalue weighted by atomic mass is 9.96. The maximum atomic E-state index is 13.8. The number of primary amides is 1. The highest BCUT2D eigenvalue weighted by Gasteiger charge is 2.24. The minimum absolute atomic E-state index is 0.0185. The highest BCUT2D eigenvalue weighted by atomic mass is 16.3. The number of rotatable bonds is 11. The number of carbonyl (C=O) groups is 2. The zero-order valence-electron chi connectivity index (χ0n) is 20.8. The monoisotopic (exact) mass is 507 g/mol. The number of amides is 1. The van der Waals surface area contributed by atoms with Gasteiger partial charge in [0.25, 0.3) is 0 Å². The lowest BCUT2D eigenvalue weighted by molar-refractivity contribution is 0.0943. The summed E-state index contributed by atoms with van der Waals surface area (Å²) in [6.07, 6.45) is 6.12. The first-order valence-electron chi connectivity index (χ1n) is 12.5. The average Bonchev–Trinajstić information content (AvgIpc) is 3.59. The van der Waals surface area contributed by atoms with Crippen LogP contribution in [0.2, 0.25) is 0 Å². The molecule has 2 heterocycles. The van der Waals surface area contributed by atoms with E-state index in [0.29, 0.717) is 30.6 Å². The average molecular weight is 508 g/mol. The van der Waals surface area contributed by atoms with Gasteiger partial charge in [0.15, 0.2) is 5.78 Å². The van der Waals surface area contributed by atoms with Gasteiger partial charge in [0.1, 0.15) is 0 Å². The van der Waals surface area contributed by atoms with Crippen LogP contribution in [-0.2, 0) is 13.0 Å². The Bertz CT molecular complexity index is 1550. The largest absolute Gasteiger partial charge is 0.394 e. The Balaban J connectivity index is 1.36. The molecule has 0 bridgehead atoms. The maximum absolute atomic E-state index is 13.8. The molecule has 0 radical (unpaired) electrons. The Morgan fingerprint density at radius 2 is 1.82 bits per heavy atom. The van der Waals surface area contributed by atoms with E-state index in [0.717, 1.165) is 33.2 Å². The first-order valence-corrected chi connectivity index (χ1v) is 12.5. The van der Waals surface area contributed by atoms with Gasteiger partial charge in [-0.25, -0.2) is 0 Å². The van der Waals surface area contributed by atoms with E-state index < -0.39 is 11.9 Å². The number of nitrogens with one attached hydrogen (secondary N) is 2. The van der Waals surface area contributed by atoms with Crippen LogP contribution in [0.3, 0.4) is 0 Å². The summed E-state index contributed by atoms with van der Waals surface area (Å²) in [5, 5.41) is 17.7. The van der Waals surface area contributed by atoms with Crippen molar-refractivity contribution in [1.29, 1.82) is 0 Å². The summed E-state index contributed by atoms with van der Waals surface area (Å²) in [7, 11) is 0. The molecule has 5 N–H and O–H groups in total. The number of hydrogen-bond donors (Lipinski definition) is 4. The zero-order valence-corrected chi connectivity index (χ0v) is 20.8. The van der Waals surface area contributed by atoms with Gasteiger partial charge in [-0.05, 0) is 41.3 Å². The van der Waals surface area contributed by atoms with Crippen LogP contribution in [0.5, 0.6) is 0 Å². The molecular formula is C30H29N5O3. The van der Waals surface area contributed by atoms with E-state index in [4.69, 9.17) is 10.8 Å². The fraction of sp³-hybridized carbons (Fsp3) is 0.167. The smallest absolute Gasteiger partial charge is 0.248 e. The van der Waals surface area contributed by atoms with Gasteiger partial charge in [-0.3, -0.25) is 14.3 Å². The Labute approximate surface area is 220 Å². The third kappa shape index (κ3) is 5.41. The number of benzene rings is 3. The van der Waals surface area contributed by atoms with Crippen molar-refractivity contribution >= 4 is 22.6 Å². The summed E-state index contributed by atoms with van der Waals surface area (Å²) in [5.74, 6) is -0.470. The molecule has 0 unspecified atom stereocenters. The Morgan fingerprint density at radius 3 is 2.55 bits per heavy atom. The van der Waals surface area contributed by atoms with Crippen LogP contribution in [0.25, 0.3) is 22.0 Å². The summed E-state index contributed by atoms with van der Waals surface area (Å²) in [6.45, 7) is 1.04. The highest BCUT2D eigenvalue weighted by molar-refractivity contribution is 6.11. The van der Waals surface area contributed by atoms with Crippen LogP contribution in [0.15, 0.2) is 91.4 Å². The molecule has 3 aromatic carbocycles. The number of aromatic amines is 1. The van der Waals surface area contributed by atoms with Gasteiger partial charge < -0.3 is 21.1 Å². The molecule has 0 aliphatic heterocycles. The summed E-state index contributed by atoms with van der Waals surface area (Å²) in [6, 6.07) is 22.3. The standard InChI is InChI=1S/C30H29N5O3/c31-30(38)22-8-6-20(7-9-22)12-13-32-28(21-4-2-1-3-5-21)29(37)26-18-33-27-16-23(10-11-25(26)27)24-17-34-35(19-24)14-15-36/h1-11,16-19,28,32-33,36H,12-15H2,(H2,31,38)/t28-/m0/s1. The Hall–Kier alpha value is -4.53. The van der Waals surface area contributed by atoms with Crippen molar-refractivity contribution < 1.29 is 14.7 Å². The molecule has 8 heteroatoms. The van der Waals surface area contributed by atoms with E-state index in [1.165, 1.54) is 0 Å². The van der Waals surface area contributed by atoms with Gasteiger partial charge in [-0.15, -0.1) is 0 Å². The number of Topliss-reactive ketones (excluding diaryl/α,β-unsaturated/α-hetero) is 1. The molecular weight excluding hydrogens is 478 g/mol. The first-order chi connectivity index (χ1) is 18.5. The quantitative estimate of drug-likeness (QED) is 0.202. The summed E-state index contributed by atoms with van der Waals surface area (Å²) in [4.78, 5) is 28.4. The molecule has 5 aromatic rings. The highest BCUT2D eigenvalue weighted by Crippen LogP contribution is 2.29. The lowest BCUT2D eigenvalue weighted by Crippen LogP contribution is -2.30. The van der Waals surface area contributed by atoms with Gasteiger partial charge in [-0.1, -0.05) is 54.6 Å². The molecule has 1 atom stereocenters. The molecule has 2 aromatic heterocycles. The van der Waals surface area contributed by atoms with Crippen LogP contribution in [0.1, 0.15) is 37.9 Å². The number of H-pyrrole nitrogens is 1. The third-order valence-electron chi connectivity index (χ3n) is 6.64. The van der Waals surface area contributed by atoms with Crippen LogP contribution in [0.4, 0.5) is 0 Å². The number of aliphatic hydroxyl groups excluding tert-OH is 1. The molecule has 0 aliphatic carbocycles. The van der Waals surface area contributed by atoms with Crippen molar-refractivity contribution in [3.8, 4) is 11.1 Å². The van der Waals surface area contributed by atoms with E-state index in [2.05, 4.69) is 15.4 Å². The summed E-state index contributed by atoms with van der Waals surface area (Å²) < 4.78 is 1.70. The van der Waals surface area contributed by atoms with Crippen molar-refractivity contribution in [1.82, 2.24) is 20.1 Å². The predicted octanol–water partition coefficient (Wildman–Crippen LogP) is 3.88. The Morgan fingerprint density at radius 1 is 1.03 bits per heavy atom. The molecule has 0 fully saturated rings. The molecule has 192 valence electrons. The molecule has 0 spiro atoms. The number of aromatic nitrogens is 3. The molecule has 38 heavy (non-hydrogen) atoms. The molecule has 0 aliphatic rings. The fourth-order valence-electron chi connectivity index (χ4n) is 4.61. The molecule has 0 saturated heterocycles. The van der Waals surface area contributed by atoms with Crippen LogP contribution >= 0.6 is 0 Å². The summed E-state index contributed by atoms with van der Waals surface area (Å²) >= 11 is 0. The number of hydrogen-bond acceptors (Lipinski definition) is 5. The SMILES string of the molecule is NC(=O)c1ccc(CCN[C@H](C(=O)c2c[nH]c3cc(-c4cnn(CCO)c4)ccc23)c2ccccc2)cc1. The van der Waals surface area contributed by atoms with Crippen molar-refractivity contribution in [2.75, 3.05) is 13.2 Å². The van der Waals surface area contributed by atoms with E-state index in [1.807, 2.05) is 66.9 Å². The number of nitrogens with zero attached hydrogens (tertiary/aromatic N) is 2. The number of aliphatic hydroxyl groups is 1. The normalized spacial score (nSPS) is 12.0. The zero-order chi connectivity index (χ0) is 26.5. The number of fused-ring (bicyclic) bond motifs is 1. The second kappa shape index (κ2) is 11.2. The second-order valence-electron chi connectivity index (χ2n) is 9.15. The minimum Gasteiger partial charge on any atom is -0.394 e. The molecule has 0 saturated carbocycles. The van der Waals surface area contributed by atoms with E-state index >= 15 is 0 Å². The van der Waals surface area contributed by atoms with Gasteiger partial charge in [-0.2, -0.15) is 5.10 Å². The second-order valence-corrected chi connectivity index (χ2v) is 9.15. The molecule has 1 amide bonds. The number of carbonyl (C=O) groups excluding carboxylic acids is 2. The Kier molecular flexibility index (Phi) is 7.44. The van der Waals surface area contributed by atoms with Crippen molar-refractivity contribution in [3.63, 3.8) is 0 Å². The van der Waals surface area contributed by atoms with Gasteiger partial charge in [0, 0.05) is 46.5 Å². The fourth-order valence-corrected chi connectivity index (χ4v) is 4.61. The molecule has 5 rings (SSSR count). The van der Waals surface area contributed by atoms with Crippen LogP contribution < -0.4 is 11.1 Å².